The van der Waals surface area contributed by atoms with Crippen molar-refractivity contribution in [2.75, 3.05) is 0 Å². The standard InChI is InChI=1S/C13H15NOS/c1-9-6-8-16-13(9)12(15)10(2)11-5-3-4-7-14-11/h3-8,10,12,15H,1-2H3. The molecule has 0 aliphatic rings. The molecule has 0 amide bonds. The summed E-state index contributed by atoms with van der Waals surface area (Å²) in [5.74, 6) is 0.0264. The molecule has 0 saturated heterocycles. The van der Waals surface area contributed by atoms with Crippen LogP contribution in [-0.4, -0.2) is 10.1 Å². The lowest BCUT2D eigenvalue weighted by molar-refractivity contribution is 0.153. The van der Waals surface area contributed by atoms with E-state index in [9.17, 15) is 5.11 Å². The number of hydrogen-bond donors (Lipinski definition) is 1. The monoisotopic (exact) mass is 233 g/mol. The average Bonchev–Trinajstić information content (AvgIpc) is 2.75. The third kappa shape index (κ3) is 2.15. The molecule has 0 spiro atoms. The van der Waals surface area contributed by atoms with Crippen LogP contribution in [0.15, 0.2) is 35.8 Å². The molecule has 2 nitrogen and oxygen atoms in total. The maximum Gasteiger partial charge on any atom is 0.0965 e. The largest absolute Gasteiger partial charge is 0.387 e. The predicted octanol–water partition coefficient (Wildman–Crippen LogP) is 3.29. The highest BCUT2D eigenvalue weighted by Gasteiger charge is 2.21. The molecule has 0 fully saturated rings. The Morgan fingerprint density at radius 1 is 1.31 bits per heavy atom. The molecule has 2 atom stereocenters. The molecule has 1 N–H and O–H groups in total. The first kappa shape index (κ1) is 11.3. The van der Waals surface area contributed by atoms with Crippen molar-refractivity contribution < 1.29 is 5.11 Å². The fraction of sp³-hybridized carbons (Fsp3) is 0.308. The molecule has 0 bridgehead atoms. The second-order valence-electron chi connectivity index (χ2n) is 3.96. The van der Waals surface area contributed by atoms with E-state index < -0.39 is 6.10 Å². The Labute approximate surface area is 99.6 Å². The summed E-state index contributed by atoms with van der Waals surface area (Å²) in [5.41, 5.74) is 2.09. The summed E-state index contributed by atoms with van der Waals surface area (Å²) < 4.78 is 0. The van der Waals surface area contributed by atoms with Gasteiger partial charge in [0.2, 0.25) is 0 Å². The lowest BCUT2D eigenvalue weighted by Crippen LogP contribution is -2.08. The summed E-state index contributed by atoms with van der Waals surface area (Å²) >= 11 is 1.60. The minimum Gasteiger partial charge on any atom is -0.387 e. The number of nitrogens with zero attached hydrogens (tertiary/aromatic N) is 1. The van der Waals surface area contributed by atoms with Crippen molar-refractivity contribution in [1.82, 2.24) is 4.98 Å². The quantitative estimate of drug-likeness (QED) is 0.882. The Morgan fingerprint density at radius 3 is 2.69 bits per heavy atom. The third-order valence-electron chi connectivity index (χ3n) is 2.80. The minimum atomic E-state index is -0.463. The Hall–Kier alpha value is -1.19. The Bertz CT molecular complexity index is 452. The smallest absolute Gasteiger partial charge is 0.0965 e. The molecule has 0 saturated carbocycles. The van der Waals surface area contributed by atoms with Gasteiger partial charge in [-0.2, -0.15) is 0 Å². The summed E-state index contributed by atoms with van der Waals surface area (Å²) in [5, 5.41) is 12.3. The van der Waals surface area contributed by atoms with Crippen LogP contribution in [0.25, 0.3) is 0 Å². The zero-order valence-corrected chi connectivity index (χ0v) is 10.2. The number of hydrogen-bond acceptors (Lipinski definition) is 3. The van der Waals surface area contributed by atoms with Crippen LogP contribution < -0.4 is 0 Å². The number of aliphatic hydroxyl groups excluding tert-OH is 1. The third-order valence-corrected chi connectivity index (χ3v) is 3.89. The van der Waals surface area contributed by atoms with E-state index in [0.29, 0.717) is 0 Å². The molecule has 2 aromatic rings. The number of rotatable bonds is 3. The van der Waals surface area contributed by atoms with E-state index in [1.807, 2.05) is 43.5 Å². The van der Waals surface area contributed by atoms with Crippen LogP contribution in [0.1, 0.15) is 35.1 Å². The highest BCUT2D eigenvalue weighted by molar-refractivity contribution is 7.10. The van der Waals surface area contributed by atoms with Gasteiger partial charge >= 0.3 is 0 Å². The van der Waals surface area contributed by atoms with Crippen LogP contribution in [0.5, 0.6) is 0 Å². The number of thiophene rings is 1. The predicted molar refractivity (Wildman–Crippen MR) is 66.7 cm³/mol. The Balaban J connectivity index is 2.23. The topological polar surface area (TPSA) is 33.1 Å². The van der Waals surface area contributed by atoms with Crippen LogP contribution in [0.4, 0.5) is 0 Å². The van der Waals surface area contributed by atoms with Crippen molar-refractivity contribution in [2.24, 2.45) is 0 Å². The van der Waals surface area contributed by atoms with Gasteiger partial charge in [0, 0.05) is 22.7 Å². The highest BCUT2D eigenvalue weighted by atomic mass is 32.1. The zero-order valence-electron chi connectivity index (χ0n) is 9.42. The van der Waals surface area contributed by atoms with Gasteiger partial charge in [0.15, 0.2) is 0 Å². The maximum atomic E-state index is 10.3. The number of aromatic nitrogens is 1. The van der Waals surface area contributed by atoms with Gasteiger partial charge in [0.25, 0.3) is 0 Å². The summed E-state index contributed by atoms with van der Waals surface area (Å²) in [6.45, 7) is 4.03. The van der Waals surface area contributed by atoms with Crippen molar-refractivity contribution in [2.45, 2.75) is 25.9 Å². The highest BCUT2D eigenvalue weighted by Crippen LogP contribution is 2.33. The molecule has 2 rings (SSSR count). The van der Waals surface area contributed by atoms with Crippen LogP contribution in [0.2, 0.25) is 0 Å². The SMILES string of the molecule is Cc1ccsc1C(O)C(C)c1ccccn1. The van der Waals surface area contributed by atoms with E-state index in [1.54, 1.807) is 17.5 Å². The van der Waals surface area contributed by atoms with E-state index >= 15 is 0 Å². The fourth-order valence-corrected chi connectivity index (χ4v) is 2.74. The summed E-state index contributed by atoms with van der Waals surface area (Å²) in [6, 6.07) is 7.83. The van der Waals surface area contributed by atoms with E-state index in [0.717, 1.165) is 16.1 Å². The molecule has 16 heavy (non-hydrogen) atoms. The van der Waals surface area contributed by atoms with Gasteiger partial charge < -0.3 is 5.11 Å². The number of aryl methyl sites for hydroxylation is 1. The molecular weight excluding hydrogens is 218 g/mol. The van der Waals surface area contributed by atoms with Crippen LogP contribution in [0, 0.1) is 6.92 Å². The molecule has 2 aromatic heterocycles. The van der Waals surface area contributed by atoms with E-state index in [2.05, 4.69) is 4.98 Å². The van der Waals surface area contributed by atoms with Crippen molar-refractivity contribution in [1.29, 1.82) is 0 Å². The number of aliphatic hydroxyl groups is 1. The van der Waals surface area contributed by atoms with E-state index in [1.165, 1.54) is 0 Å². The van der Waals surface area contributed by atoms with Crippen molar-refractivity contribution in [3.8, 4) is 0 Å². The first-order valence-electron chi connectivity index (χ1n) is 5.33. The van der Waals surface area contributed by atoms with Crippen LogP contribution >= 0.6 is 11.3 Å². The van der Waals surface area contributed by atoms with Gasteiger partial charge in [0.05, 0.1) is 6.10 Å². The molecule has 2 heterocycles. The second kappa shape index (κ2) is 4.76. The van der Waals surface area contributed by atoms with Crippen molar-refractivity contribution in [3.63, 3.8) is 0 Å². The van der Waals surface area contributed by atoms with E-state index in [-0.39, 0.29) is 5.92 Å². The Kier molecular flexibility index (Phi) is 3.36. The van der Waals surface area contributed by atoms with Crippen LogP contribution in [-0.2, 0) is 0 Å². The zero-order chi connectivity index (χ0) is 11.5. The Morgan fingerprint density at radius 2 is 2.12 bits per heavy atom. The van der Waals surface area contributed by atoms with E-state index in [4.69, 9.17) is 0 Å². The number of pyridine rings is 1. The van der Waals surface area contributed by atoms with Crippen molar-refractivity contribution >= 4 is 11.3 Å². The first-order chi connectivity index (χ1) is 7.70. The summed E-state index contributed by atoms with van der Waals surface area (Å²) in [6.07, 6.45) is 1.30. The lowest BCUT2D eigenvalue weighted by atomic mass is 9.97. The maximum absolute atomic E-state index is 10.3. The van der Waals surface area contributed by atoms with Crippen molar-refractivity contribution in [3.05, 3.63) is 52.0 Å². The van der Waals surface area contributed by atoms with Gasteiger partial charge in [0.1, 0.15) is 0 Å². The average molecular weight is 233 g/mol. The van der Waals surface area contributed by atoms with Gasteiger partial charge in [-0.1, -0.05) is 13.0 Å². The van der Waals surface area contributed by atoms with Crippen LogP contribution in [0.3, 0.4) is 0 Å². The molecule has 0 aliphatic carbocycles. The fourth-order valence-electron chi connectivity index (χ4n) is 1.72. The normalized spacial score (nSPS) is 14.7. The summed E-state index contributed by atoms with van der Waals surface area (Å²) in [4.78, 5) is 5.32. The van der Waals surface area contributed by atoms with Gasteiger partial charge in [-0.25, -0.2) is 0 Å². The first-order valence-corrected chi connectivity index (χ1v) is 6.21. The molecule has 0 aliphatic heterocycles. The molecule has 0 aromatic carbocycles. The second-order valence-corrected chi connectivity index (χ2v) is 4.90. The minimum absolute atomic E-state index is 0.0264. The van der Waals surface area contributed by atoms with Gasteiger partial charge in [-0.3, -0.25) is 4.98 Å². The molecular formula is C13H15NOS. The van der Waals surface area contributed by atoms with Gasteiger partial charge in [-0.05, 0) is 36.1 Å². The molecule has 2 unspecified atom stereocenters. The summed E-state index contributed by atoms with van der Waals surface area (Å²) in [7, 11) is 0. The molecule has 84 valence electrons. The molecule has 3 heteroatoms. The lowest BCUT2D eigenvalue weighted by Gasteiger charge is -2.17. The van der Waals surface area contributed by atoms with Gasteiger partial charge in [-0.15, -0.1) is 11.3 Å². The molecule has 0 radical (unpaired) electrons.